The van der Waals surface area contributed by atoms with Gasteiger partial charge >= 0.3 is 0 Å². The predicted octanol–water partition coefficient (Wildman–Crippen LogP) is 5.13. The van der Waals surface area contributed by atoms with E-state index in [4.69, 9.17) is 18.6 Å². The van der Waals surface area contributed by atoms with Crippen molar-refractivity contribution in [3.8, 4) is 17.2 Å². The van der Waals surface area contributed by atoms with Crippen molar-refractivity contribution in [2.75, 3.05) is 14.2 Å². The van der Waals surface area contributed by atoms with E-state index in [2.05, 4.69) is 21.2 Å². The Morgan fingerprint density at radius 2 is 1.86 bits per heavy atom. The third-order valence-corrected chi connectivity index (χ3v) is 5.00. The molecule has 1 heterocycles. The Labute approximate surface area is 177 Å². The van der Waals surface area contributed by atoms with Gasteiger partial charge in [-0.3, -0.25) is 4.79 Å². The molecule has 0 aliphatic heterocycles. The summed E-state index contributed by atoms with van der Waals surface area (Å²) in [7, 11) is 3.18. The van der Waals surface area contributed by atoms with Gasteiger partial charge in [0, 0.05) is 5.56 Å². The molecular weight excluding hydrogens is 438 g/mol. The number of para-hydroxylation sites is 1. The maximum Gasteiger partial charge on any atom is 0.287 e. The van der Waals surface area contributed by atoms with Crippen LogP contribution >= 0.6 is 15.9 Å². The van der Waals surface area contributed by atoms with Crippen molar-refractivity contribution in [2.45, 2.75) is 19.6 Å². The van der Waals surface area contributed by atoms with Gasteiger partial charge in [-0.15, -0.1) is 0 Å². The van der Waals surface area contributed by atoms with Gasteiger partial charge in [0.1, 0.15) is 29.6 Å². The van der Waals surface area contributed by atoms with Crippen LogP contribution in [0.3, 0.4) is 0 Å². The van der Waals surface area contributed by atoms with E-state index in [1.54, 1.807) is 38.5 Å². The number of halogens is 1. The molecule has 7 heteroatoms. The molecule has 0 aliphatic carbocycles. The lowest BCUT2D eigenvalue weighted by Gasteiger charge is -2.17. The average Bonchev–Trinajstić information content (AvgIpc) is 3.22. The minimum Gasteiger partial charge on any atom is -0.497 e. The Bertz CT molecular complexity index is 985. The van der Waals surface area contributed by atoms with E-state index in [0.717, 1.165) is 10.0 Å². The van der Waals surface area contributed by atoms with Crippen molar-refractivity contribution in [2.24, 2.45) is 0 Å². The topological polar surface area (TPSA) is 69.9 Å². The van der Waals surface area contributed by atoms with Crippen LogP contribution in [0, 0.1) is 0 Å². The van der Waals surface area contributed by atoms with E-state index in [1.165, 1.54) is 0 Å². The largest absolute Gasteiger partial charge is 0.497 e. The summed E-state index contributed by atoms with van der Waals surface area (Å²) in [4.78, 5) is 12.6. The maximum absolute atomic E-state index is 12.6. The van der Waals surface area contributed by atoms with Crippen molar-refractivity contribution >= 4 is 21.8 Å². The fraction of sp³-hybridized carbons (Fsp3) is 0.227. The molecular formula is C22H22BrNO5. The summed E-state index contributed by atoms with van der Waals surface area (Å²) in [6.45, 7) is 2.09. The highest BCUT2D eigenvalue weighted by atomic mass is 79.9. The van der Waals surface area contributed by atoms with E-state index < -0.39 is 0 Å². The van der Waals surface area contributed by atoms with Gasteiger partial charge in [-0.1, -0.05) is 12.1 Å². The second-order valence-corrected chi connectivity index (χ2v) is 7.14. The summed E-state index contributed by atoms with van der Waals surface area (Å²) in [5, 5.41) is 2.92. The number of nitrogens with one attached hydrogen (secondary N) is 1. The Morgan fingerprint density at radius 3 is 2.59 bits per heavy atom. The van der Waals surface area contributed by atoms with Gasteiger partial charge in [0.2, 0.25) is 0 Å². The van der Waals surface area contributed by atoms with Crippen LogP contribution in [-0.4, -0.2) is 20.1 Å². The Hall–Kier alpha value is -2.93. The zero-order valence-corrected chi connectivity index (χ0v) is 18.0. The van der Waals surface area contributed by atoms with Crippen LogP contribution in [0.2, 0.25) is 0 Å². The molecule has 0 fully saturated rings. The summed E-state index contributed by atoms with van der Waals surface area (Å²) in [6, 6.07) is 16.0. The highest BCUT2D eigenvalue weighted by Crippen LogP contribution is 2.29. The molecule has 1 N–H and O–H groups in total. The number of hydrogen-bond acceptors (Lipinski definition) is 5. The molecule has 6 nitrogen and oxygen atoms in total. The number of furan rings is 1. The molecule has 0 aliphatic rings. The second-order valence-electron chi connectivity index (χ2n) is 6.29. The molecule has 0 saturated carbocycles. The van der Waals surface area contributed by atoms with Crippen molar-refractivity contribution in [1.82, 2.24) is 5.32 Å². The fourth-order valence-electron chi connectivity index (χ4n) is 2.81. The molecule has 3 rings (SSSR count). The normalized spacial score (nSPS) is 11.6. The van der Waals surface area contributed by atoms with Crippen LogP contribution < -0.4 is 19.5 Å². The van der Waals surface area contributed by atoms with Gasteiger partial charge in [-0.25, -0.2) is 0 Å². The highest BCUT2D eigenvalue weighted by Gasteiger charge is 2.18. The number of methoxy groups -OCH3 is 2. The van der Waals surface area contributed by atoms with Gasteiger partial charge in [-0.2, -0.15) is 0 Å². The van der Waals surface area contributed by atoms with Crippen LogP contribution in [0.4, 0.5) is 0 Å². The summed E-state index contributed by atoms with van der Waals surface area (Å²) < 4.78 is 22.9. The molecule has 0 bridgehead atoms. The molecule has 152 valence electrons. The lowest BCUT2D eigenvalue weighted by Crippen LogP contribution is -2.26. The van der Waals surface area contributed by atoms with Crippen molar-refractivity contribution in [3.63, 3.8) is 0 Å². The molecule has 1 aromatic heterocycles. The van der Waals surface area contributed by atoms with E-state index in [0.29, 0.717) is 23.0 Å². The van der Waals surface area contributed by atoms with E-state index in [-0.39, 0.29) is 24.3 Å². The standard InChI is InChI=1S/C22H22BrNO5/c1-14(17-12-15(26-2)8-10-19(17)27-3)24-22(25)21-11-9-16(29-21)13-28-20-7-5-4-6-18(20)23/h4-12,14H,13H2,1-3H3,(H,24,25). The molecule has 1 atom stereocenters. The average molecular weight is 460 g/mol. The Balaban J connectivity index is 1.65. The predicted molar refractivity (Wildman–Crippen MR) is 113 cm³/mol. The van der Waals surface area contributed by atoms with Gasteiger partial charge < -0.3 is 23.9 Å². The summed E-state index contributed by atoms with van der Waals surface area (Å²) in [6.07, 6.45) is 0. The first kappa shape index (κ1) is 20.8. The highest BCUT2D eigenvalue weighted by molar-refractivity contribution is 9.10. The Kier molecular flexibility index (Phi) is 6.82. The first-order valence-corrected chi connectivity index (χ1v) is 9.80. The number of ether oxygens (including phenoxy) is 3. The monoisotopic (exact) mass is 459 g/mol. The molecule has 0 radical (unpaired) electrons. The third-order valence-electron chi connectivity index (χ3n) is 4.34. The van der Waals surface area contributed by atoms with Crippen LogP contribution in [0.15, 0.2) is 63.5 Å². The lowest BCUT2D eigenvalue weighted by atomic mass is 10.1. The van der Waals surface area contributed by atoms with Gasteiger partial charge in [0.25, 0.3) is 5.91 Å². The maximum atomic E-state index is 12.6. The van der Waals surface area contributed by atoms with Crippen LogP contribution in [0.1, 0.15) is 34.8 Å². The third kappa shape index (κ3) is 5.12. The van der Waals surface area contributed by atoms with Crippen molar-refractivity contribution in [3.05, 3.63) is 76.2 Å². The molecule has 29 heavy (non-hydrogen) atoms. The minimum absolute atomic E-state index is 0.212. The van der Waals surface area contributed by atoms with Crippen LogP contribution in [0.25, 0.3) is 0 Å². The molecule has 1 amide bonds. The number of rotatable bonds is 8. The lowest BCUT2D eigenvalue weighted by molar-refractivity contribution is 0.0907. The summed E-state index contributed by atoms with van der Waals surface area (Å²) in [5.41, 5.74) is 0.809. The van der Waals surface area contributed by atoms with Crippen LogP contribution in [0.5, 0.6) is 17.2 Å². The van der Waals surface area contributed by atoms with Crippen molar-refractivity contribution < 1.29 is 23.4 Å². The zero-order valence-electron chi connectivity index (χ0n) is 16.4. The molecule has 0 spiro atoms. The smallest absolute Gasteiger partial charge is 0.287 e. The summed E-state index contributed by atoms with van der Waals surface area (Å²) >= 11 is 3.43. The molecule has 2 aromatic carbocycles. The first-order valence-electron chi connectivity index (χ1n) is 9.00. The zero-order chi connectivity index (χ0) is 20.8. The van der Waals surface area contributed by atoms with Gasteiger partial charge in [-0.05, 0) is 65.3 Å². The Morgan fingerprint density at radius 1 is 1.07 bits per heavy atom. The second kappa shape index (κ2) is 9.52. The molecule has 1 unspecified atom stereocenters. The van der Waals surface area contributed by atoms with Gasteiger partial charge in [0.15, 0.2) is 5.76 Å². The number of benzene rings is 2. The van der Waals surface area contributed by atoms with E-state index in [9.17, 15) is 4.79 Å². The van der Waals surface area contributed by atoms with Gasteiger partial charge in [0.05, 0.1) is 24.7 Å². The molecule has 0 saturated heterocycles. The van der Waals surface area contributed by atoms with Crippen LogP contribution in [-0.2, 0) is 6.61 Å². The number of hydrogen-bond donors (Lipinski definition) is 1. The quantitative estimate of drug-likeness (QED) is 0.505. The number of carbonyl (C=O) groups excluding carboxylic acids is 1. The minimum atomic E-state index is -0.325. The first-order chi connectivity index (χ1) is 14.0. The van der Waals surface area contributed by atoms with Crippen molar-refractivity contribution in [1.29, 1.82) is 0 Å². The molecule has 3 aromatic rings. The van der Waals surface area contributed by atoms with E-state index in [1.807, 2.05) is 37.3 Å². The SMILES string of the molecule is COc1ccc(OC)c(C(C)NC(=O)c2ccc(COc3ccccc3Br)o2)c1. The fourth-order valence-corrected chi connectivity index (χ4v) is 3.21. The van der Waals surface area contributed by atoms with E-state index >= 15 is 0 Å². The number of amides is 1. The summed E-state index contributed by atoms with van der Waals surface area (Å²) in [5.74, 6) is 2.50. The number of carbonyl (C=O) groups is 1.